The summed E-state index contributed by atoms with van der Waals surface area (Å²) in [6.07, 6.45) is 1.64. The molecule has 2 N–H and O–H groups in total. The van der Waals surface area contributed by atoms with Crippen LogP contribution in [-0.2, 0) is 13.1 Å². The fraction of sp³-hybridized carbons (Fsp3) is 0.278. The van der Waals surface area contributed by atoms with Crippen LogP contribution < -0.4 is 10.6 Å². The topological polar surface area (TPSA) is 88.5 Å². The van der Waals surface area contributed by atoms with Gasteiger partial charge in [0.05, 0.1) is 24.5 Å². The standard InChI is InChI=1S/C18H21N5O2/c1-12-13(2)25-16(22-12)10-21-18(19-3)20-9-15-11-24-17(23-15)14-7-5-4-6-8-14/h4-8,11H,9-10H2,1-3H3,(H2,19,20,21). The smallest absolute Gasteiger partial charge is 0.226 e. The molecule has 2 aromatic heterocycles. The molecule has 0 aliphatic carbocycles. The molecule has 0 spiro atoms. The second-order valence-electron chi connectivity index (χ2n) is 5.54. The lowest BCUT2D eigenvalue weighted by Crippen LogP contribution is -2.36. The third kappa shape index (κ3) is 4.26. The molecule has 130 valence electrons. The zero-order valence-electron chi connectivity index (χ0n) is 14.5. The van der Waals surface area contributed by atoms with Gasteiger partial charge in [0.1, 0.15) is 12.0 Å². The summed E-state index contributed by atoms with van der Waals surface area (Å²) in [4.78, 5) is 13.0. The van der Waals surface area contributed by atoms with Crippen LogP contribution in [-0.4, -0.2) is 23.0 Å². The molecule has 2 heterocycles. The Kier molecular flexibility index (Phi) is 5.13. The van der Waals surface area contributed by atoms with Gasteiger partial charge in [-0.05, 0) is 26.0 Å². The zero-order valence-corrected chi connectivity index (χ0v) is 14.5. The molecular formula is C18H21N5O2. The van der Waals surface area contributed by atoms with Crippen LogP contribution >= 0.6 is 0 Å². The summed E-state index contributed by atoms with van der Waals surface area (Å²) in [7, 11) is 1.71. The van der Waals surface area contributed by atoms with E-state index in [1.165, 1.54) is 0 Å². The van der Waals surface area contributed by atoms with Crippen molar-refractivity contribution in [3.8, 4) is 11.5 Å². The maximum absolute atomic E-state index is 5.54. The number of benzene rings is 1. The Morgan fingerprint density at radius 1 is 1.08 bits per heavy atom. The predicted molar refractivity (Wildman–Crippen MR) is 95.0 cm³/mol. The lowest BCUT2D eigenvalue weighted by atomic mass is 10.2. The fourth-order valence-electron chi connectivity index (χ4n) is 2.27. The molecule has 0 aliphatic heterocycles. The molecule has 0 fully saturated rings. The second kappa shape index (κ2) is 7.65. The summed E-state index contributed by atoms with van der Waals surface area (Å²) in [5, 5.41) is 6.35. The highest BCUT2D eigenvalue weighted by Crippen LogP contribution is 2.17. The number of guanidine groups is 1. The van der Waals surface area contributed by atoms with Gasteiger partial charge in [-0.1, -0.05) is 18.2 Å². The Labute approximate surface area is 146 Å². The van der Waals surface area contributed by atoms with Gasteiger partial charge in [0.25, 0.3) is 0 Å². The molecule has 0 aliphatic rings. The van der Waals surface area contributed by atoms with Crippen molar-refractivity contribution in [2.45, 2.75) is 26.9 Å². The third-order valence-electron chi connectivity index (χ3n) is 3.71. The SMILES string of the molecule is CN=C(NCc1coc(-c2ccccc2)n1)NCc1nc(C)c(C)o1. The maximum atomic E-state index is 5.54. The van der Waals surface area contributed by atoms with Gasteiger partial charge < -0.3 is 19.5 Å². The molecule has 0 bridgehead atoms. The van der Waals surface area contributed by atoms with Crippen molar-refractivity contribution >= 4 is 5.96 Å². The molecule has 0 radical (unpaired) electrons. The van der Waals surface area contributed by atoms with Crippen molar-refractivity contribution < 1.29 is 8.83 Å². The Hall–Kier alpha value is -3.09. The van der Waals surface area contributed by atoms with Gasteiger partial charge in [-0.25, -0.2) is 9.97 Å². The van der Waals surface area contributed by atoms with Crippen molar-refractivity contribution in [2.24, 2.45) is 4.99 Å². The first kappa shape index (κ1) is 16.8. The first-order valence-corrected chi connectivity index (χ1v) is 8.03. The lowest BCUT2D eigenvalue weighted by Gasteiger charge is -2.08. The largest absolute Gasteiger partial charge is 0.444 e. The van der Waals surface area contributed by atoms with Crippen molar-refractivity contribution in [3.05, 3.63) is 59.6 Å². The number of aliphatic imine (C=N–C) groups is 1. The molecule has 3 aromatic rings. The normalized spacial score (nSPS) is 11.6. The Bertz CT molecular complexity index is 832. The quantitative estimate of drug-likeness (QED) is 0.549. The van der Waals surface area contributed by atoms with Crippen molar-refractivity contribution in [1.29, 1.82) is 0 Å². The number of oxazole rings is 2. The molecule has 0 atom stereocenters. The van der Waals surface area contributed by atoms with Crippen LogP contribution in [0.25, 0.3) is 11.5 Å². The Morgan fingerprint density at radius 2 is 1.84 bits per heavy atom. The van der Waals surface area contributed by atoms with Crippen LogP contribution in [0, 0.1) is 13.8 Å². The van der Waals surface area contributed by atoms with E-state index in [0.717, 1.165) is 22.7 Å². The summed E-state index contributed by atoms with van der Waals surface area (Å²) in [5.74, 6) is 2.70. The van der Waals surface area contributed by atoms with E-state index in [9.17, 15) is 0 Å². The van der Waals surface area contributed by atoms with Crippen LogP contribution in [0.3, 0.4) is 0 Å². The molecule has 0 amide bonds. The monoisotopic (exact) mass is 339 g/mol. The van der Waals surface area contributed by atoms with E-state index in [2.05, 4.69) is 25.6 Å². The fourth-order valence-corrected chi connectivity index (χ4v) is 2.27. The molecule has 25 heavy (non-hydrogen) atoms. The lowest BCUT2D eigenvalue weighted by molar-refractivity contribution is 0.463. The Balaban J connectivity index is 1.54. The van der Waals surface area contributed by atoms with Crippen LogP contribution in [0.15, 0.2) is 50.4 Å². The minimum Gasteiger partial charge on any atom is -0.444 e. The first-order valence-electron chi connectivity index (χ1n) is 8.03. The van der Waals surface area contributed by atoms with Crippen LogP contribution in [0.4, 0.5) is 0 Å². The van der Waals surface area contributed by atoms with Gasteiger partial charge in [-0.15, -0.1) is 0 Å². The second-order valence-corrected chi connectivity index (χ2v) is 5.54. The van der Waals surface area contributed by atoms with Crippen LogP contribution in [0.5, 0.6) is 0 Å². The van der Waals surface area contributed by atoms with Crippen LogP contribution in [0.1, 0.15) is 23.0 Å². The number of rotatable bonds is 5. The number of hydrogen-bond donors (Lipinski definition) is 2. The molecule has 7 heteroatoms. The van der Waals surface area contributed by atoms with Crippen molar-refractivity contribution in [3.63, 3.8) is 0 Å². The summed E-state index contributed by atoms with van der Waals surface area (Å²) >= 11 is 0. The van der Waals surface area contributed by atoms with Crippen molar-refractivity contribution in [2.75, 3.05) is 7.05 Å². The van der Waals surface area contributed by atoms with E-state index in [1.807, 2.05) is 44.2 Å². The molecule has 0 saturated carbocycles. The van der Waals surface area contributed by atoms with Gasteiger partial charge in [-0.2, -0.15) is 0 Å². The highest BCUT2D eigenvalue weighted by molar-refractivity contribution is 5.79. The summed E-state index contributed by atoms with van der Waals surface area (Å²) in [5.41, 5.74) is 2.64. The van der Waals surface area contributed by atoms with Gasteiger partial charge >= 0.3 is 0 Å². The number of nitrogens with one attached hydrogen (secondary N) is 2. The Morgan fingerprint density at radius 3 is 2.52 bits per heavy atom. The highest BCUT2D eigenvalue weighted by Gasteiger charge is 2.08. The summed E-state index contributed by atoms with van der Waals surface area (Å²) < 4.78 is 11.1. The molecule has 0 saturated heterocycles. The van der Waals surface area contributed by atoms with E-state index in [0.29, 0.717) is 30.8 Å². The molecule has 7 nitrogen and oxygen atoms in total. The molecule has 1 aromatic carbocycles. The summed E-state index contributed by atoms with van der Waals surface area (Å²) in [6, 6.07) is 9.79. The van der Waals surface area contributed by atoms with Crippen molar-refractivity contribution in [1.82, 2.24) is 20.6 Å². The van der Waals surface area contributed by atoms with E-state index in [1.54, 1.807) is 13.3 Å². The van der Waals surface area contributed by atoms with E-state index >= 15 is 0 Å². The van der Waals surface area contributed by atoms with Gasteiger partial charge in [0, 0.05) is 12.6 Å². The van der Waals surface area contributed by atoms with Gasteiger partial charge in [-0.3, -0.25) is 4.99 Å². The molecule has 0 unspecified atom stereocenters. The minimum absolute atomic E-state index is 0.461. The summed E-state index contributed by atoms with van der Waals surface area (Å²) in [6.45, 7) is 4.78. The number of hydrogen-bond acceptors (Lipinski definition) is 5. The molecular weight excluding hydrogens is 318 g/mol. The van der Waals surface area contributed by atoms with Gasteiger partial charge in [0.2, 0.25) is 11.8 Å². The van der Waals surface area contributed by atoms with Crippen LogP contribution in [0.2, 0.25) is 0 Å². The number of nitrogens with zero attached hydrogens (tertiary/aromatic N) is 3. The maximum Gasteiger partial charge on any atom is 0.226 e. The molecule has 3 rings (SSSR count). The third-order valence-corrected chi connectivity index (χ3v) is 3.71. The minimum atomic E-state index is 0.461. The average molecular weight is 339 g/mol. The number of aryl methyl sites for hydroxylation is 2. The van der Waals surface area contributed by atoms with E-state index < -0.39 is 0 Å². The average Bonchev–Trinajstić information content (AvgIpc) is 3.23. The number of aromatic nitrogens is 2. The first-order chi connectivity index (χ1) is 12.2. The van der Waals surface area contributed by atoms with E-state index in [-0.39, 0.29) is 0 Å². The van der Waals surface area contributed by atoms with E-state index in [4.69, 9.17) is 8.83 Å². The predicted octanol–water partition coefficient (Wildman–Crippen LogP) is 2.81. The highest BCUT2D eigenvalue weighted by atomic mass is 16.4. The van der Waals surface area contributed by atoms with Gasteiger partial charge in [0.15, 0.2) is 5.96 Å². The zero-order chi connectivity index (χ0) is 17.6.